The molecule has 0 aliphatic carbocycles. The molecule has 1 saturated heterocycles. The molecule has 0 saturated carbocycles. The third-order valence-electron chi connectivity index (χ3n) is 7.14. The van der Waals surface area contributed by atoms with Crippen molar-refractivity contribution in [1.82, 2.24) is 20.4 Å². The Labute approximate surface area is 255 Å². The molecule has 3 atom stereocenters. The van der Waals surface area contributed by atoms with Crippen molar-refractivity contribution in [1.29, 1.82) is 0 Å². The van der Waals surface area contributed by atoms with Crippen molar-refractivity contribution in [2.45, 2.75) is 72.4 Å². The summed E-state index contributed by atoms with van der Waals surface area (Å²) in [6, 6.07) is 8.33. The van der Waals surface area contributed by atoms with E-state index in [4.69, 9.17) is 18.7 Å². The molecule has 11 nitrogen and oxygen atoms in total. The molecule has 3 heterocycles. The van der Waals surface area contributed by atoms with Crippen LogP contribution in [0.5, 0.6) is 5.88 Å². The lowest BCUT2D eigenvalue weighted by atomic mass is 10.0. The Kier molecular flexibility index (Phi) is 11.1. The largest absolute Gasteiger partial charge is 0.470 e. The molecule has 0 radical (unpaired) electrons. The quantitative estimate of drug-likeness (QED) is 0.211. The van der Waals surface area contributed by atoms with E-state index in [0.717, 1.165) is 21.7 Å². The van der Waals surface area contributed by atoms with Crippen molar-refractivity contribution in [2.75, 3.05) is 26.4 Å². The number of allylic oxidation sites excluding steroid dienone is 1. The van der Waals surface area contributed by atoms with E-state index >= 15 is 0 Å². The highest BCUT2D eigenvalue weighted by molar-refractivity contribution is 7.13. The van der Waals surface area contributed by atoms with E-state index in [-0.39, 0.29) is 48.7 Å². The van der Waals surface area contributed by atoms with Crippen LogP contribution in [0.3, 0.4) is 0 Å². The molecule has 0 bridgehead atoms. The second-order valence-electron chi connectivity index (χ2n) is 10.5. The molecule has 4 rings (SSSR count). The van der Waals surface area contributed by atoms with Gasteiger partial charge in [0.05, 0.1) is 33.8 Å². The lowest BCUT2D eigenvalue weighted by Crippen LogP contribution is -2.46. The molecular weight excluding hydrogens is 572 g/mol. The second-order valence-corrected chi connectivity index (χ2v) is 11.4. The van der Waals surface area contributed by atoms with Crippen LogP contribution in [0.25, 0.3) is 16.0 Å². The van der Waals surface area contributed by atoms with Crippen molar-refractivity contribution in [3.8, 4) is 16.3 Å². The van der Waals surface area contributed by atoms with Gasteiger partial charge in [-0.25, -0.2) is 4.98 Å². The van der Waals surface area contributed by atoms with E-state index < -0.39 is 24.3 Å². The number of ether oxygens (including phenoxy) is 3. The molecule has 2 N–H and O–H groups in total. The van der Waals surface area contributed by atoms with Gasteiger partial charge in [-0.15, -0.1) is 11.3 Å². The molecule has 1 fully saturated rings. The van der Waals surface area contributed by atoms with Crippen molar-refractivity contribution in [3.63, 3.8) is 0 Å². The number of β-amino-alcohol motifs (C(OH)–C–C–N with tert-alkyl or cyclic N) is 1. The van der Waals surface area contributed by atoms with E-state index in [1.165, 1.54) is 11.0 Å². The van der Waals surface area contributed by atoms with Gasteiger partial charge in [-0.1, -0.05) is 29.8 Å². The van der Waals surface area contributed by atoms with Gasteiger partial charge in [0.25, 0.3) is 11.8 Å². The fourth-order valence-electron chi connectivity index (χ4n) is 5.01. The molecule has 1 aliphatic heterocycles. The van der Waals surface area contributed by atoms with Crippen molar-refractivity contribution >= 4 is 28.7 Å². The Balaban J connectivity index is 1.44. The Morgan fingerprint density at radius 3 is 2.49 bits per heavy atom. The number of likely N-dealkylation sites (tertiary alicyclic amines) is 1. The predicted molar refractivity (Wildman–Crippen MR) is 162 cm³/mol. The number of rotatable bonds is 13. The summed E-state index contributed by atoms with van der Waals surface area (Å²) in [5.74, 6) is -0.396. The van der Waals surface area contributed by atoms with Crippen molar-refractivity contribution in [2.24, 2.45) is 0 Å². The smallest absolute Gasteiger partial charge is 0.258 e. The van der Waals surface area contributed by atoms with E-state index in [0.29, 0.717) is 18.8 Å². The molecule has 43 heavy (non-hydrogen) atoms. The van der Waals surface area contributed by atoms with Crippen LogP contribution in [0.4, 0.5) is 0 Å². The lowest BCUT2D eigenvalue weighted by Gasteiger charge is -2.26. The number of hydrogen-bond donors (Lipinski definition) is 2. The summed E-state index contributed by atoms with van der Waals surface area (Å²) >= 11 is 1.58. The summed E-state index contributed by atoms with van der Waals surface area (Å²) in [7, 11) is 0. The maximum absolute atomic E-state index is 13.8. The topological polar surface area (TPSA) is 136 Å². The van der Waals surface area contributed by atoms with E-state index in [2.05, 4.69) is 15.5 Å². The Bertz CT molecular complexity index is 1410. The van der Waals surface area contributed by atoms with Crippen LogP contribution >= 0.6 is 11.3 Å². The fourth-order valence-corrected chi connectivity index (χ4v) is 5.82. The average molecular weight is 613 g/mol. The Hall–Kier alpha value is -3.58. The van der Waals surface area contributed by atoms with Gasteiger partial charge >= 0.3 is 0 Å². The molecule has 232 valence electrons. The number of carbonyl (C=O) groups is 2. The van der Waals surface area contributed by atoms with Crippen LogP contribution in [-0.4, -0.2) is 76.8 Å². The standard InChI is InChI=1S/C31H40N4O7S/c1-7-39-27(40-8-2)16-41-26-14-25(42-34-26)28(18(3)4)31(38)35-15-23(36)13-24(35)30(37)33-19(5)21-9-11-22(12-10-21)29-20(6)32-17-43-29/h9-12,14,17,19,23-24,27,36H,7-8,13,15-16H2,1-6H3,(H,33,37)/t19-,23+,24-/m0/s1. The molecule has 0 spiro atoms. The predicted octanol–water partition coefficient (Wildman–Crippen LogP) is 4.52. The van der Waals surface area contributed by atoms with Crippen molar-refractivity contribution < 1.29 is 33.4 Å². The van der Waals surface area contributed by atoms with Gasteiger partial charge in [0.2, 0.25) is 5.91 Å². The number of nitrogens with one attached hydrogen (secondary N) is 1. The minimum atomic E-state index is -0.852. The second kappa shape index (κ2) is 14.7. The summed E-state index contributed by atoms with van der Waals surface area (Å²) in [4.78, 5) is 34.1. The number of benzene rings is 1. The summed E-state index contributed by atoms with van der Waals surface area (Å²) in [6.45, 7) is 12.2. The highest BCUT2D eigenvalue weighted by Gasteiger charge is 2.41. The first-order chi connectivity index (χ1) is 20.6. The number of carbonyl (C=O) groups excluding carboxylic acids is 2. The van der Waals surface area contributed by atoms with Crippen LogP contribution < -0.4 is 10.1 Å². The van der Waals surface area contributed by atoms with Crippen LogP contribution in [0, 0.1) is 6.92 Å². The third-order valence-corrected chi connectivity index (χ3v) is 8.12. The fraction of sp³-hybridized carbons (Fsp3) is 0.484. The molecule has 3 aromatic rings. The summed E-state index contributed by atoms with van der Waals surface area (Å²) in [6.07, 6.45) is -1.27. The van der Waals surface area contributed by atoms with Crippen LogP contribution in [0.2, 0.25) is 0 Å². The number of nitrogens with zero attached hydrogens (tertiary/aromatic N) is 3. The maximum atomic E-state index is 13.8. The van der Waals surface area contributed by atoms with Gasteiger partial charge < -0.3 is 34.1 Å². The van der Waals surface area contributed by atoms with Crippen LogP contribution in [-0.2, 0) is 19.1 Å². The zero-order chi connectivity index (χ0) is 31.1. The summed E-state index contributed by atoms with van der Waals surface area (Å²) < 4.78 is 22.1. The summed E-state index contributed by atoms with van der Waals surface area (Å²) in [5.41, 5.74) is 5.71. The first-order valence-electron chi connectivity index (χ1n) is 14.4. The third kappa shape index (κ3) is 7.88. The normalized spacial score (nSPS) is 17.3. The van der Waals surface area contributed by atoms with E-state index in [1.807, 2.05) is 57.5 Å². The highest BCUT2D eigenvalue weighted by atomic mass is 32.1. The first kappa shape index (κ1) is 32.3. The maximum Gasteiger partial charge on any atom is 0.258 e. The van der Waals surface area contributed by atoms with E-state index in [9.17, 15) is 14.7 Å². The number of thiazole rings is 1. The molecule has 2 aromatic heterocycles. The number of aliphatic hydroxyl groups excluding tert-OH is 1. The SMILES string of the molecule is CCOC(COc1cc(C(C(=O)N2C[C@H](O)C[C@H]2C(=O)N[C@@H](C)c2ccc(-c3scnc3C)cc2)=C(C)C)on1)OCC. The van der Waals surface area contributed by atoms with Crippen LogP contribution in [0.1, 0.15) is 64.1 Å². The zero-order valence-electron chi connectivity index (χ0n) is 25.5. The Morgan fingerprint density at radius 2 is 1.88 bits per heavy atom. The highest BCUT2D eigenvalue weighted by Crippen LogP contribution is 2.31. The number of aryl methyl sites for hydroxylation is 1. The lowest BCUT2D eigenvalue weighted by molar-refractivity contribution is -0.153. The molecule has 1 aliphatic rings. The molecular formula is C31H40N4O7S. The molecule has 2 amide bonds. The summed E-state index contributed by atoms with van der Waals surface area (Å²) in [5, 5.41) is 17.5. The number of hydrogen-bond acceptors (Lipinski definition) is 10. The number of amides is 2. The number of aliphatic hydroxyl groups is 1. The monoisotopic (exact) mass is 612 g/mol. The van der Waals surface area contributed by atoms with Gasteiger partial charge in [-0.05, 0) is 57.8 Å². The van der Waals surface area contributed by atoms with Gasteiger partial charge in [-0.2, -0.15) is 0 Å². The van der Waals surface area contributed by atoms with Crippen LogP contribution in [0.15, 0.2) is 45.9 Å². The van der Waals surface area contributed by atoms with Gasteiger partial charge in [0.1, 0.15) is 12.6 Å². The molecule has 1 aromatic carbocycles. The zero-order valence-corrected chi connectivity index (χ0v) is 26.3. The van der Waals surface area contributed by atoms with Gasteiger partial charge in [0.15, 0.2) is 12.1 Å². The first-order valence-corrected chi connectivity index (χ1v) is 15.3. The van der Waals surface area contributed by atoms with Gasteiger partial charge in [0, 0.05) is 32.2 Å². The van der Waals surface area contributed by atoms with E-state index in [1.54, 1.807) is 25.2 Å². The molecule has 12 heteroatoms. The Morgan fingerprint density at radius 1 is 1.19 bits per heavy atom. The van der Waals surface area contributed by atoms with Gasteiger partial charge in [-0.3, -0.25) is 9.59 Å². The minimum Gasteiger partial charge on any atom is -0.470 e. The molecule has 0 unspecified atom stereocenters. The van der Waals surface area contributed by atoms with Crippen molar-refractivity contribution in [3.05, 3.63) is 58.4 Å². The number of aromatic nitrogens is 2. The minimum absolute atomic E-state index is 0.0207. The average Bonchev–Trinajstić information content (AvgIpc) is 3.72.